The van der Waals surface area contributed by atoms with E-state index in [1.165, 1.54) is 19.1 Å². The van der Waals surface area contributed by atoms with Crippen LogP contribution in [0.25, 0.3) is 0 Å². The molecule has 1 aliphatic rings. The molecule has 0 saturated heterocycles. The zero-order valence-corrected chi connectivity index (χ0v) is 18.7. The SMILES string of the molecule is COCCn1ccc(NC(=O)[C@H](CC2CCCC2)c2ccc(S(C)(=O)=O)c(C)c2)n1. The smallest absolute Gasteiger partial charge is 0.233 e. The van der Waals surface area contributed by atoms with Crippen molar-refractivity contribution in [2.75, 3.05) is 25.3 Å². The fraction of sp³-hybridized carbons (Fsp3) is 0.545. The van der Waals surface area contributed by atoms with E-state index in [1.54, 1.807) is 36.9 Å². The van der Waals surface area contributed by atoms with Crippen LogP contribution in [0.3, 0.4) is 0 Å². The zero-order chi connectivity index (χ0) is 21.7. The second kappa shape index (κ2) is 9.75. The molecule has 3 rings (SSSR count). The lowest BCUT2D eigenvalue weighted by molar-refractivity contribution is -0.118. The van der Waals surface area contributed by atoms with E-state index in [0.717, 1.165) is 24.8 Å². The van der Waals surface area contributed by atoms with Crippen LogP contribution in [0.15, 0.2) is 35.4 Å². The maximum absolute atomic E-state index is 13.2. The summed E-state index contributed by atoms with van der Waals surface area (Å²) in [7, 11) is -1.66. The van der Waals surface area contributed by atoms with Crippen molar-refractivity contribution < 1.29 is 17.9 Å². The van der Waals surface area contributed by atoms with E-state index >= 15 is 0 Å². The summed E-state index contributed by atoms with van der Waals surface area (Å²) in [6, 6.07) is 7.01. The number of sulfone groups is 1. The summed E-state index contributed by atoms with van der Waals surface area (Å²) in [5.74, 6) is 0.571. The summed E-state index contributed by atoms with van der Waals surface area (Å²) in [5, 5.41) is 7.33. The van der Waals surface area contributed by atoms with Crippen LogP contribution in [0, 0.1) is 12.8 Å². The Bertz CT molecular complexity index is 978. The molecule has 1 aromatic heterocycles. The normalized spacial score (nSPS) is 16.0. The van der Waals surface area contributed by atoms with Gasteiger partial charge < -0.3 is 10.1 Å². The molecular formula is C22H31N3O4S. The molecule has 0 unspecified atom stereocenters. The maximum atomic E-state index is 13.2. The van der Waals surface area contributed by atoms with Crippen LogP contribution < -0.4 is 5.32 Å². The monoisotopic (exact) mass is 433 g/mol. The van der Waals surface area contributed by atoms with Crippen molar-refractivity contribution in [2.45, 2.75) is 56.4 Å². The van der Waals surface area contributed by atoms with E-state index in [2.05, 4.69) is 10.4 Å². The number of rotatable bonds is 9. The van der Waals surface area contributed by atoms with E-state index in [4.69, 9.17) is 4.74 Å². The molecule has 30 heavy (non-hydrogen) atoms. The molecule has 1 N–H and O–H groups in total. The van der Waals surface area contributed by atoms with E-state index < -0.39 is 9.84 Å². The quantitative estimate of drug-likeness (QED) is 0.653. The van der Waals surface area contributed by atoms with Crippen LogP contribution in [0.5, 0.6) is 0 Å². The Morgan fingerprint density at radius 3 is 2.67 bits per heavy atom. The molecular weight excluding hydrogens is 402 g/mol. The predicted octanol–water partition coefficient (Wildman–Crippen LogP) is 3.54. The van der Waals surface area contributed by atoms with Gasteiger partial charge in [-0.2, -0.15) is 5.10 Å². The number of nitrogens with zero attached hydrogens (tertiary/aromatic N) is 2. The van der Waals surface area contributed by atoms with Gasteiger partial charge in [-0.15, -0.1) is 0 Å². The first-order valence-electron chi connectivity index (χ1n) is 10.4. The Hall–Kier alpha value is -2.19. The summed E-state index contributed by atoms with van der Waals surface area (Å²) < 4.78 is 30.7. The Balaban J connectivity index is 1.82. The third kappa shape index (κ3) is 5.70. The fourth-order valence-corrected chi connectivity index (χ4v) is 5.19. The number of ether oxygens (including phenoxy) is 1. The highest BCUT2D eigenvalue weighted by Gasteiger charge is 2.28. The van der Waals surface area contributed by atoms with Gasteiger partial charge in [-0.3, -0.25) is 9.48 Å². The maximum Gasteiger partial charge on any atom is 0.233 e. The number of hydrogen-bond donors (Lipinski definition) is 1. The van der Waals surface area contributed by atoms with E-state index in [9.17, 15) is 13.2 Å². The number of anilines is 1. The largest absolute Gasteiger partial charge is 0.383 e. The summed E-state index contributed by atoms with van der Waals surface area (Å²) in [6.45, 7) is 2.94. The van der Waals surface area contributed by atoms with Gasteiger partial charge in [-0.1, -0.05) is 37.8 Å². The lowest BCUT2D eigenvalue weighted by Crippen LogP contribution is -2.24. The highest BCUT2D eigenvalue weighted by atomic mass is 32.2. The second-order valence-electron chi connectivity index (χ2n) is 8.18. The molecule has 8 heteroatoms. The first-order chi connectivity index (χ1) is 14.3. The lowest BCUT2D eigenvalue weighted by atomic mass is 9.86. The molecule has 1 aliphatic carbocycles. The number of amides is 1. The van der Waals surface area contributed by atoms with Gasteiger partial charge in [0.25, 0.3) is 0 Å². The molecule has 0 aliphatic heterocycles. The van der Waals surface area contributed by atoms with E-state index in [0.29, 0.717) is 35.3 Å². The minimum Gasteiger partial charge on any atom is -0.383 e. The first-order valence-corrected chi connectivity index (χ1v) is 12.3. The van der Waals surface area contributed by atoms with Crippen molar-refractivity contribution >= 4 is 21.6 Å². The number of carbonyl (C=O) groups excluding carboxylic acids is 1. The van der Waals surface area contributed by atoms with Gasteiger partial charge in [0, 0.05) is 25.6 Å². The first kappa shape index (κ1) is 22.5. The van der Waals surface area contributed by atoms with E-state index in [1.807, 2.05) is 12.3 Å². The Morgan fingerprint density at radius 1 is 1.30 bits per heavy atom. The molecule has 1 aromatic carbocycles. The van der Waals surface area contributed by atoms with Crippen LogP contribution in [0.4, 0.5) is 5.82 Å². The molecule has 164 valence electrons. The number of aromatic nitrogens is 2. The van der Waals surface area contributed by atoms with Gasteiger partial charge in [-0.05, 0) is 36.5 Å². The third-order valence-electron chi connectivity index (χ3n) is 5.78. The molecule has 1 heterocycles. The standard InChI is InChI=1S/C22H31N3O4S/c1-16-14-18(8-9-20(16)30(3,27)28)19(15-17-6-4-5-7-17)22(26)23-21-10-11-25(24-21)12-13-29-2/h8-11,14,17,19H,4-7,12-13,15H2,1-3H3,(H,23,24,26)/t19-/m1/s1. The number of methoxy groups -OCH3 is 1. The number of hydrogen-bond acceptors (Lipinski definition) is 5. The highest BCUT2D eigenvalue weighted by Crippen LogP contribution is 2.35. The summed E-state index contributed by atoms with van der Waals surface area (Å²) in [6.07, 6.45) is 8.45. The molecule has 0 bridgehead atoms. The van der Waals surface area contributed by atoms with Crippen LogP contribution in [-0.2, 0) is 25.9 Å². The third-order valence-corrected chi connectivity index (χ3v) is 7.03. The Morgan fingerprint density at radius 2 is 2.03 bits per heavy atom. The summed E-state index contributed by atoms with van der Waals surface area (Å²) >= 11 is 0. The summed E-state index contributed by atoms with van der Waals surface area (Å²) in [4.78, 5) is 13.5. The molecule has 0 radical (unpaired) electrons. The molecule has 0 spiro atoms. The topological polar surface area (TPSA) is 90.3 Å². The molecule has 7 nitrogen and oxygen atoms in total. The van der Waals surface area contributed by atoms with Crippen LogP contribution in [0.2, 0.25) is 0 Å². The van der Waals surface area contributed by atoms with Gasteiger partial charge in [0.1, 0.15) is 0 Å². The van der Waals surface area contributed by atoms with Crippen molar-refractivity contribution in [3.63, 3.8) is 0 Å². The van der Waals surface area contributed by atoms with Crippen molar-refractivity contribution in [1.29, 1.82) is 0 Å². The second-order valence-corrected chi connectivity index (χ2v) is 10.2. The fourth-order valence-electron chi connectivity index (χ4n) is 4.23. The molecule has 1 saturated carbocycles. The average Bonchev–Trinajstić information content (AvgIpc) is 3.35. The molecule has 1 fully saturated rings. The number of benzene rings is 1. The van der Waals surface area contributed by atoms with Crippen LogP contribution >= 0.6 is 0 Å². The van der Waals surface area contributed by atoms with Gasteiger partial charge in [0.2, 0.25) is 5.91 Å². The minimum absolute atomic E-state index is 0.106. The number of aryl methyl sites for hydroxylation is 1. The van der Waals surface area contributed by atoms with Gasteiger partial charge in [0.05, 0.1) is 24.0 Å². The lowest BCUT2D eigenvalue weighted by Gasteiger charge is -2.21. The molecule has 2 aromatic rings. The van der Waals surface area contributed by atoms with Gasteiger partial charge in [-0.25, -0.2) is 8.42 Å². The van der Waals surface area contributed by atoms with Crippen LogP contribution in [-0.4, -0.2) is 44.1 Å². The number of nitrogens with one attached hydrogen (secondary N) is 1. The molecule has 1 atom stereocenters. The Labute approximate surface area is 178 Å². The van der Waals surface area contributed by atoms with Crippen LogP contribution in [0.1, 0.15) is 49.1 Å². The van der Waals surface area contributed by atoms with Crippen molar-refractivity contribution in [2.24, 2.45) is 5.92 Å². The average molecular weight is 434 g/mol. The molecule has 1 amide bonds. The van der Waals surface area contributed by atoms with E-state index in [-0.39, 0.29) is 11.8 Å². The van der Waals surface area contributed by atoms with Crippen molar-refractivity contribution in [3.8, 4) is 0 Å². The van der Waals surface area contributed by atoms with Crippen molar-refractivity contribution in [3.05, 3.63) is 41.6 Å². The number of carbonyl (C=O) groups is 1. The predicted molar refractivity (Wildman–Crippen MR) is 116 cm³/mol. The zero-order valence-electron chi connectivity index (χ0n) is 17.9. The summed E-state index contributed by atoms with van der Waals surface area (Å²) in [5.41, 5.74) is 1.52. The van der Waals surface area contributed by atoms with Gasteiger partial charge >= 0.3 is 0 Å². The highest BCUT2D eigenvalue weighted by molar-refractivity contribution is 7.90. The minimum atomic E-state index is -3.30. The van der Waals surface area contributed by atoms with Gasteiger partial charge in [0.15, 0.2) is 15.7 Å². The Kier molecular flexibility index (Phi) is 7.31. The van der Waals surface area contributed by atoms with Crippen molar-refractivity contribution in [1.82, 2.24) is 9.78 Å².